The van der Waals surface area contributed by atoms with Crippen LogP contribution in [0, 0.1) is 6.92 Å². The van der Waals surface area contributed by atoms with Gasteiger partial charge in [-0.2, -0.15) is 0 Å². The predicted molar refractivity (Wildman–Crippen MR) is 68.7 cm³/mol. The molecule has 0 aliphatic rings. The Morgan fingerprint density at radius 2 is 1.94 bits per heavy atom. The molecule has 0 fully saturated rings. The summed E-state index contributed by atoms with van der Waals surface area (Å²) in [6.45, 7) is 1.96. The second-order valence-corrected chi connectivity index (χ2v) is 4.28. The minimum atomic E-state index is -0.0213. The van der Waals surface area contributed by atoms with E-state index in [0.29, 0.717) is 11.3 Å². The number of benzene rings is 2. The molecule has 2 nitrogen and oxygen atoms in total. The van der Waals surface area contributed by atoms with Crippen molar-refractivity contribution < 1.29 is 9.90 Å². The Bertz CT molecular complexity index is 576. The topological polar surface area (TPSA) is 37.3 Å². The zero-order chi connectivity index (χ0) is 12.4. The number of carbonyl (C=O) groups is 1. The highest BCUT2D eigenvalue weighted by Crippen LogP contribution is 2.31. The van der Waals surface area contributed by atoms with Crippen molar-refractivity contribution >= 4 is 17.9 Å². The smallest absolute Gasteiger partial charge is 0.153 e. The maximum Gasteiger partial charge on any atom is 0.153 e. The van der Waals surface area contributed by atoms with Gasteiger partial charge in [0.25, 0.3) is 0 Å². The molecule has 0 heterocycles. The van der Waals surface area contributed by atoms with Crippen LogP contribution in [0.4, 0.5) is 0 Å². The average molecular weight is 247 g/mol. The summed E-state index contributed by atoms with van der Waals surface area (Å²) in [5, 5.41) is 10.1. The normalized spacial score (nSPS) is 10.2. The lowest BCUT2D eigenvalue weighted by Crippen LogP contribution is -1.85. The molecule has 0 bridgehead atoms. The van der Waals surface area contributed by atoms with Crippen LogP contribution < -0.4 is 0 Å². The molecule has 0 radical (unpaired) electrons. The van der Waals surface area contributed by atoms with Gasteiger partial charge in [-0.15, -0.1) is 0 Å². The third-order valence-corrected chi connectivity index (χ3v) is 2.90. The van der Waals surface area contributed by atoms with Crippen molar-refractivity contribution in [3.63, 3.8) is 0 Å². The van der Waals surface area contributed by atoms with Gasteiger partial charge in [0, 0.05) is 10.6 Å². The molecule has 2 aromatic carbocycles. The van der Waals surface area contributed by atoms with Crippen molar-refractivity contribution in [2.24, 2.45) is 0 Å². The van der Waals surface area contributed by atoms with E-state index in [1.54, 1.807) is 12.1 Å². The molecule has 0 unspecified atom stereocenters. The highest BCUT2D eigenvalue weighted by atomic mass is 35.5. The summed E-state index contributed by atoms with van der Waals surface area (Å²) in [5.74, 6) is -0.0213. The van der Waals surface area contributed by atoms with Gasteiger partial charge in [-0.05, 0) is 36.2 Å². The molecule has 0 amide bonds. The Morgan fingerprint density at radius 3 is 2.59 bits per heavy atom. The van der Waals surface area contributed by atoms with E-state index in [1.807, 2.05) is 25.1 Å². The lowest BCUT2D eigenvalue weighted by molar-refractivity contribution is 0.112. The molecule has 2 rings (SSSR count). The number of halogens is 1. The van der Waals surface area contributed by atoms with Gasteiger partial charge >= 0.3 is 0 Å². The van der Waals surface area contributed by atoms with Gasteiger partial charge in [0.1, 0.15) is 5.75 Å². The van der Waals surface area contributed by atoms with Gasteiger partial charge < -0.3 is 5.11 Å². The summed E-state index contributed by atoms with van der Waals surface area (Å²) < 4.78 is 0. The molecule has 0 saturated carbocycles. The van der Waals surface area contributed by atoms with Crippen LogP contribution in [0.3, 0.4) is 0 Å². The van der Waals surface area contributed by atoms with Crippen LogP contribution >= 0.6 is 11.6 Å². The number of carbonyl (C=O) groups excluding carboxylic acids is 1. The molecule has 86 valence electrons. The van der Waals surface area contributed by atoms with E-state index in [0.717, 1.165) is 16.7 Å². The Balaban J connectivity index is 2.56. The SMILES string of the molecule is Cc1ccc(-c2ccc(O)c(C=O)c2)c(Cl)c1. The number of phenolic OH excluding ortho intramolecular Hbond substituents is 1. The van der Waals surface area contributed by atoms with Crippen LogP contribution in [0.1, 0.15) is 15.9 Å². The second kappa shape index (κ2) is 4.60. The zero-order valence-corrected chi connectivity index (χ0v) is 10.0. The number of aryl methyl sites for hydroxylation is 1. The lowest BCUT2D eigenvalue weighted by Gasteiger charge is -2.07. The number of rotatable bonds is 2. The monoisotopic (exact) mass is 246 g/mol. The third kappa shape index (κ3) is 2.32. The maximum atomic E-state index is 10.8. The van der Waals surface area contributed by atoms with Crippen molar-refractivity contribution in [1.29, 1.82) is 0 Å². The first-order valence-electron chi connectivity index (χ1n) is 5.16. The van der Waals surface area contributed by atoms with E-state index in [9.17, 15) is 9.90 Å². The summed E-state index contributed by atoms with van der Waals surface area (Å²) in [7, 11) is 0. The number of aromatic hydroxyl groups is 1. The fourth-order valence-corrected chi connectivity index (χ4v) is 2.01. The molecular weight excluding hydrogens is 236 g/mol. The first-order valence-corrected chi connectivity index (χ1v) is 5.54. The highest BCUT2D eigenvalue weighted by Gasteiger charge is 2.07. The summed E-state index contributed by atoms with van der Waals surface area (Å²) in [6, 6.07) is 10.6. The van der Waals surface area contributed by atoms with Crippen LogP contribution in [-0.4, -0.2) is 11.4 Å². The zero-order valence-electron chi connectivity index (χ0n) is 9.27. The molecule has 1 N–H and O–H groups in total. The van der Waals surface area contributed by atoms with Gasteiger partial charge in [0.15, 0.2) is 6.29 Å². The molecule has 0 atom stereocenters. The van der Waals surface area contributed by atoms with Crippen molar-refractivity contribution in [2.45, 2.75) is 6.92 Å². The molecule has 0 aromatic heterocycles. The van der Waals surface area contributed by atoms with Gasteiger partial charge in [-0.25, -0.2) is 0 Å². The number of aldehydes is 1. The molecule has 0 aliphatic heterocycles. The fraction of sp³-hybridized carbons (Fsp3) is 0.0714. The number of phenols is 1. The van der Waals surface area contributed by atoms with Crippen molar-refractivity contribution in [1.82, 2.24) is 0 Å². The minimum Gasteiger partial charge on any atom is -0.507 e. The van der Waals surface area contributed by atoms with E-state index in [2.05, 4.69) is 0 Å². The molecule has 0 spiro atoms. The van der Waals surface area contributed by atoms with E-state index in [1.165, 1.54) is 6.07 Å². The van der Waals surface area contributed by atoms with Crippen molar-refractivity contribution in [2.75, 3.05) is 0 Å². The highest BCUT2D eigenvalue weighted by molar-refractivity contribution is 6.33. The third-order valence-electron chi connectivity index (χ3n) is 2.59. The van der Waals surface area contributed by atoms with Gasteiger partial charge in [-0.1, -0.05) is 29.8 Å². The minimum absolute atomic E-state index is 0.0213. The molecule has 0 saturated heterocycles. The van der Waals surface area contributed by atoms with Crippen LogP contribution in [0.15, 0.2) is 36.4 Å². The Morgan fingerprint density at radius 1 is 1.18 bits per heavy atom. The average Bonchev–Trinajstić information content (AvgIpc) is 2.30. The second-order valence-electron chi connectivity index (χ2n) is 3.87. The summed E-state index contributed by atoms with van der Waals surface area (Å²) in [6.07, 6.45) is 0.626. The summed E-state index contributed by atoms with van der Waals surface area (Å²) >= 11 is 6.15. The maximum absolute atomic E-state index is 10.8. The predicted octanol–water partition coefficient (Wildman–Crippen LogP) is 3.83. The quantitative estimate of drug-likeness (QED) is 0.818. The van der Waals surface area contributed by atoms with Gasteiger partial charge in [-0.3, -0.25) is 4.79 Å². The molecule has 2 aromatic rings. The van der Waals surface area contributed by atoms with E-state index in [-0.39, 0.29) is 11.3 Å². The Labute approximate surface area is 104 Å². The van der Waals surface area contributed by atoms with Crippen LogP contribution in [0.2, 0.25) is 5.02 Å². The largest absolute Gasteiger partial charge is 0.507 e. The van der Waals surface area contributed by atoms with E-state index >= 15 is 0 Å². The van der Waals surface area contributed by atoms with Crippen molar-refractivity contribution in [3.05, 3.63) is 52.5 Å². The van der Waals surface area contributed by atoms with E-state index < -0.39 is 0 Å². The van der Waals surface area contributed by atoms with Crippen LogP contribution in [-0.2, 0) is 0 Å². The number of hydrogen-bond donors (Lipinski definition) is 1. The Hall–Kier alpha value is -1.80. The van der Waals surface area contributed by atoms with Crippen LogP contribution in [0.5, 0.6) is 5.75 Å². The summed E-state index contributed by atoms with van der Waals surface area (Å²) in [5.41, 5.74) is 3.00. The van der Waals surface area contributed by atoms with Crippen molar-refractivity contribution in [3.8, 4) is 16.9 Å². The van der Waals surface area contributed by atoms with Crippen LogP contribution in [0.25, 0.3) is 11.1 Å². The van der Waals surface area contributed by atoms with Gasteiger partial charge in [0.05, 0.1) is 5.56 Å². The summed E-state index contributed by atoms with van der Waals surface area (Å²) in [4.78, 5) is 10.8. The first kappa shape index (κ1) is 11.7. The fourth-order valence-electron chi connectivity index (χ4n) is 1.67. The molecule has 3 heteroatoms. The standard InChI is InChI=1S/C14H11ClO2/c1-9-2-4-12(13(15)6-9)10-3-5-14(17)11(7-10)8-16/h2-8,17H,1H3. The Kier molecular flexibility index (Phi) is 3.16. The van der Waals surface area contributed by atoms with Gasteiger partial charge in [0.2, 0.25) is 0 Å². The molecule has 17 heavy (non-hydrogen) atoms. The number of hydrogen-bond acceptors (Lipinski definition) is 2. The lowest BCUT2D eigenvalue weighted by atomic mass is 10.0. The first-order chi connectivity index (χ1) is 8.11. The molecule has 0 aliphatic carbocycles. The van der Waals surface area contributed by atoms with E-state index in [4.69, 9.17) is 11.6 Å². The molecular formula is C14H11ClO2.